The number of carbonyl (C=O) groups is 1. The standard InChI is InChI=1S/C15H14ClN3O2/c1-9(10-3-2-4-12(17)7-10)18-19-15(21)13-6-5-11(16)8-14(13)20/h2-8,20H,17H2,1H3,(H,19,21)/b18-9-. The molecule has 21 heavy (non-hydrogen) atoms. The van der Waals surface area contributed by atoms with Crippen molar-refractivity contribution in [2.24, 2.45) is 5.10 Å². The largest absolute Gasteiger partial charge is 0.507 e. The summed E-state index contributed by atoms with van der Waals surface area (Å²) in [5.41, 5.74) is 10.2. The highest BCUT2D eigenvalue weighted by atomic mass is 35.5. The second-order valence-corrected chi connectivity index (χ2v) is 4.86. The van der Waals surface area contributed by atoms with Crippen LogP contribution in [-0.4, -0.2) is 16.7 Å². The summed E-state index contributed by atoms with van der Waals surface area (Å²) < 4.78 is 0. The zero-order valence-corrected chi connectivity index (χ0v) is 12.1. The SMILES string of the molecule is C/C(=N/NC(=O)c1ccc(Cl)cc1O)c1cccc(N)c1. The predicted molar refractivity (Wildman–Crippen MR) is 83.6 cm³/mol. The van der Waals surface area contributed by atoms with E-state index in [0.717, 1.165) is 5.56 Å². The Morgan fingerprint density at radius 3 is 2.71 bits per heavy atom. The first-order valence-corrected chi connectivity index (χ1v) is 6.54. The van der Waals surface area contributed by atoms with Crippen molar-refractivity contribution >= 4 is 28.9 Å². The van der Waals surface area contributed by atoms with Crippen molar-refractivity contribution in [3.05, 3.63) is 58.6 Å². The molecule has 0 fully saturated rings. The van der Waals surface area contributed by atoms with Crippen LogP contribution in [0.3, 0.4) is 0 Å². The minimum atomic E-state index is -0.521. The van der Waals surface area contributed by atoms with E-state index >= 15 is 0 Å². The number of hydrogen-bond acceptors (Lipinski definition) is 4. The number of nitrogens with one attached hydrogen (secondary N) is 1. The summed E-state index contributed by atoms with van der Waals surface area (Å²) in [4.78, 5) is 11.9. The summed E-state index contributed by atoms with van der Waals surface area (Å²) in [6.07, 6.45) is 0. The van der Waals surface area contributed by atoms with Crippen LogP contribution in [0.5, 0.6) is 5.75 Å². The third-order valence-electron chi connectivity index (χ3n) is 2.83. The Morgan fingerprint density at radius 2 is 2.05 bits per heavy atom. The zero-order valence-electron chi connectivity index (χ0n) is 11.3. The maximum absolute atomic E-state index is 11.9. The van der Waals surface area contributed by atoms with Gasteiger partial charge < -0.3 is 10.8 Å². The van der Waals surface area contributed by atoms with E-state index in [1.165, 1.54) is 18.2 Å². The van der Waals surface area contributed by atoms with E-state index in [-0.39, 0.29) is 11.3 Å². The molecule has 5 nitrogen and oxygen atoms in total. The van der Waals surface area contributed by atoms with Gasteiger partial charge in [-0.15, -0.1) is 0 Å². The molecule has 0 aliphatic rings. The van der Waals surface area contributed by atoms with E-state index in [2.05, 4.69) is 10.5 Å². The van der Waals surface area contributed by atoms with Crippen molar-refractivity contribution in [3.63, 3.8) is 0 Å². The van der Waals surface area contributed by atoms with Crippen molar-refractivity contribution in [1.29, 1.82) is 0 Å². The Bertz CT molecular complexity index is 714. The average Bonchev–Trinajstić information content (AvgIpc) is 2.44. The number of hydrazone groups is 1. The monoisotopic (exact) mass is 303 g/mol. The minimum absolute atomic E-state index is 0.100. The van der Waals surface area contributed by atoms with Crippen LogP contribution < -0.4 is 11.2 Å². The maximum Gasteiger partial charge on any atom is 0.275 e. The van der Waals surface area contributed by atoms with Crippen LogP contribution in [0.1, 0.15) is 22.8 Å². The first kappa shape index (κ1) is 14.9. The highest BCUT2D eigenvalue weighted by Crippen LogP contribution is 2.21. The summed E-state index contributed by atoms with van der Waals surface area (Å²) in [5.74, 6) is -0.718. The molecular formula is C15H14ClN3O2. The Kier molecular flexibility index (Phi) is 4.45. The second-order valence-electron chi connectivity index (χ2n) is 4.43. The third kappa shape index (κ3) is 3.73. The average molecular weight is 304 g/mol. The lowest BCUT2D eigenvalue weighted by Gasteiger charge is -2.05. The normalized spacial score (nSPS) is 11.2. The molecule has 2 rings (SSSR count). The molecule has 0 bridgehead atoms. The lowest BCUT2D eigenvalue weighted by molar-refractivity contribution is 0.0952. The summed E-state index contributed by atoms with van der Waals surface area (Å²) in [5, 5.41) is 14.0. The number of phenolic OH excluding ortho intramolecular Hbond substituents is 1. The molecule has 0 spiro atoms. The molecule has 4 N–H and O–H groups in total. The number of benzene rings is 2. The van der Waals surface area contributed by atoms with E-state index in [1.807, 2.05) is 6.07 Å². The van der Waals surface area contributed by atoms with Gasteiger partial charge in [-0.25, -0.2) is 5.43 Å². The first-order valence-electron chi connectivity index (χ1n) is 6.16. The Labute approximate surface area is 127 Å². The highest BCUT2D eigenvalue weighted by Gasteiger charge is 2.10. The van der Waals surface area contributed by atoms with Crippen LogP contribution in [-0.2, 0) is 0 Å². The number of aromatic hydroxyl groups is 1. The van der Waals surface area contributed by atoms with E-state index in [4.69, 9.17) is 17.3 Å². The van der Waals surface area contributed by atoms with Gasteiger partial charge in [-0.3, -0.25) is 4.79 Å². The lowest BCUT2D eigenvalue weighted by Crippen LogP contribution is -2.19. The van der Waals surface area contributed by atoms with Gasteiger partial charge in [0.15, 0.2) is 0 Å². The molecule has 0 saturated heterocycles. The van der Waals surface area contributed by atoms with Gasteiger partial charge in [0, 0.05) is 10.7 Å². The summed E-state index contributed by atoms with van der Waals surface area (Å²) in [6, 6.07) is 11.4. The molecule has 0 heterocycles. The van der Waals surface area contributed by atoms with Gasteiger partial charge in [0.1, 0.15) is 5.75 Å². The third-order valence-corrected chi connectivity index (χ3v) is 3.07. The number of anilines is 1. The minimum Gasteiger partial charge on any atom is -0.507 e. The van der Waals surface area contributed by atoms with Gasteiger partial charge in [0.25, 0.3) is 5.91 Å². The molecule has 0 radical (unpaired) electrons. The van der Waals surface area contributed by atoms with Crippen LogP contribution in [0.2, 0.25) is 5.02 Å². The molecule has 0 aliphatic heterocycles. The number of nitrogens with two attached hydrogens (primary N) is 1. The van der Waals surface area contributed by atoms with Crippen molar-refractivity contribution in [2.45, 2.75) is 6.92 Å². The molecular weight excluding hydrogens is 290 g/mol. The summed E-state index contributed by atoms with van der Waals surface area (Å²) >= 11 is 5.71. The highest BCUT2D eigenvalue weighted by molar-refractivity contribution is 6.30. The fraction of sp³-hybridized carbons (Fsp3) is 0.0667. The summed E-state index contributed by atoms with van der Waals surface area (Å²) in [6.45, 7) is 1.75. The van der Waals surface area contributed by atoms with Gasteiger partial charge >= 0.3 is 0 Å². The van der Waals surface area contributed by atoms with E-state index < -0.39 is 5.91 Å². The molecule has 0 atom stereocenters. The molecule has 0 unspecified atom stereocenters. The number of nitrogens with zero attached hydrogens (tertiary/aromatic N) is 1. The molecule has 0 saturated carbocycles. The van der Waals surface area contributed by atoms with Crippen LogP contribution in [0.25, 0.3) is 0 Å². The molecule has 2 aromatic carbocycles. The fourth-order valence-electron chi connectivity index (χ4n) is 1.72. The van der Waals surface area contributed by atoms with Gasteiger partial charge in [-0.2, -0.15) is 5.10 Å². The number of amides is 1. The molecule has 0 aromatic heterocycles. The van der Waals surface area contributed by atoms with E-state index in [0.29, 0.717) is 16.4 Å². The number of phenols is 1. The Hall–Kier alpha value is -2.53. The van der Waals surface area contributed by atoms with Crippen molar-refractivity contribution < 1.29 is 9.90 Å². The zero-order chi connectivity index (χ0) is 15.4. The van der Waals surface area contributed by atoms with Crippen LogP contribution in [0.15, 0.2) is 47.6 Å². The number of rotatable bonds is 3. The summed E-state index contributed by atoms with van der Waals surface area (Å²) in [7, 11) is 0. The quantitative estimate of drug-likeness (QED) is 0.463. The van der Waals surface area contributed by atoms with Crippen LogP contribution in [0.4, 0.5) is 5.69 Å². The first-order chi connectivity index (χ1) is 9.97. The topological polar surface area (TPSA) is 87.7 Å². The fourth-order valence-corrected chi connectivity index (χ4v) is 1.89. The van der Waals surface area contributed by atoms with Gasteiger partial charge in [-0.05, 0) is 42.8 Å². The van der Waals surface area contributed by atoms with Gasteiger partial charge in [0.05, 0.1) is 11.3 Å². The van der Waals surface area contributed by atoms with Crippen molar-refractivity contribution in [1.82, 2.24) is 5.43 Å². The molecule has 1 amide bonds. The van der Waals surface area contributed by atoms with Crippen molar-refractivity contribution in [2.75, 3.05) is 5.73 Å². The van der Waals surface area contributed by atoms with E-state index in [9.17, 15) is 9.90 Å². The van der Waals surface area contributed by atoms with Gasteiger partial charge in [0.2, 0.25) is 0 Å². The van der Waals surface area contributed by atoms with Crippen molar-refractivity contribution in [3.8, 4) is 5.75 Å². The Morgan fingerprint density at radius 1 is 1.29 bits per heavy atom. The number of hydrogen-bond donors (Lipinski definition) is 3. The lowest BCUT2D eigenvalue weighted by atomic mass is 10.1. The second kappa shape index (κ2) is 6.28. The molecule has 108 valence electrons. The number of nitrogen functional groups attached to an aromatic ring is 1. The number of carbonyl (C=O) groups excluding carboxylic acids is 1. The van der Waals surface area contributed by atoms with Gasteiger partial charge in [-0.1, -0.05) is 23.7 Å². The Balaban J connectivity index is 2.14. The smallest absolute Gasteiger partial charge is 0.275 e. The molecule has 6 heteroatoms. The maximum atomic E-state index is 11.9. The van der Waals surface area contributed by atoms with Crippen LogP contribution >= 0.6 is 11.6 Å². The van der Waals surface area contributed by atoms with E-state index in [1.54, 1.807) is 25.1 Å². The molecule has 0 aliphatic carbocycles. The van der Waals surface area contributed by atoms with Crippen LogP contribution in [0, 0.1) is 0 Å². The predicted octanol–water partition coefficient (Wildman–Crippen LogP) is 2.78. The molecule has 2 aromatic rings. The number of halogens is 1.